The summed E-state index contributed by atoms with van der Waals surface area (Å²) in [5, 5.41) is 11.6. The third-order valence-electron chi connectivity index (χ3n) is 4.33. The minimum atomic E-state index is -4.69. The lowest BCUT2D eigenvalue weighted by atomic mass is 9.82. The lowest BCUT2D eigenvalue weighted by molar-refractivity contribution is -0.150. The molecule has 0 spiro atoms. The van der Waals surface area contributed by atoms with Crippen LogP contribution < -0.4 is 5.32 Å². The number of alkyl halides is 3. The first kappa shape index (κ1) is 19.7. The molecule has 1 aliphatic heterocycles. The molecular formula is C17H19F3N2O4. The van der Waals surface area contributed by atoms with Gasteiger partial charge in [-0.1, -0.05) is 0 Å². The summed E-state index contributed by atoms with van der Waals surface area (Å²) < 4.78 is 39.3. The Morgan fingerprint density at radius 3 is 2.42 bits per heavy atom. The van der Waals surface area contributed by atoms with E-state index in [0.29, 0.717) is 18.9 Å². The topological polar surface area (TPSA) is 86.7 Å². The molecule has 1 heterocycles. The van der Waals surface area contributed by atoms with E-state index in [2.05, 4.69) is 5.32 Å². The molecule has 1 saturated heterocycles. The normalized spacial score (nSPS) is 20.6. The van der Waals surface area contributed by atoms with Crippen LogP contribution in [0.25, 0.3) is 0 Å². The lowest BCUT2D eigenvalue weighted by Crippen LogP contribution is -2.48. The number of hydrogen-bond donors (Lipinski definition) is 2. The number of rotatable bonds is 3. The zero-order valence-corrected chi connectivity index (χ0v) is 14.3. The molecule has 1 aromatic carbocycles. The molecule has 1 aliphatic rings. The molecule has 0 saturated carbocycles. The van der Waals surface area contributed by atoms with Gasteiger partial charge in [0, 0.05) is 31.3 Å². The molecule has 0 aromatic heterocycles. The van der Waals surface area contributed by atoms with Crippen molar-refractivity contribution in [3.63, 3.8) is 0 Å². The molecule has 0 bridgehead atoms. The number of nitrogens with one attached hydrogen (secondary N) is 1. The van der Waals surface area contributed by atoms with Gasteiger partial charge < -0.3 is 15.3 Å². The fraction of sp³-hybridized carbons (Fsp3) is 0.471. The summed E-state index contributed by atoms with van der Waals surface area (Å²) in [7, 11) is 0. The van der Waals surface area contributed by atoms with Crippen LogP contribution in [0.2, 0.25) is 0 Å². The maximum Gasteiger partial charge on any atom is 0.416 e. The van der Waals surface area contributed by atoms with Crippen LogP contribution in [0.1, 0.15) is 42.6 Å². The van der Waals surface area contributed by atoms with E-state index < -0.39 is 34.9 Å². The van der Waals surface area contributed by atoms with Crippen LogP contribution >= 0.6 is 0 Å². The molecule has 1 atom stereocenters. The number of halogens is 3. The van der Waals surface area contributed by atoms with Gasteiger partial charge >= 0.3 is 12.1 Å². The molecule has 0 aliphatic carbocycles. The van der Waals surface area contributed by atoms with Gasteiger partial charge in [-0.25, -0.2) is 0 Å². The molecule has 2 rings (SSSR count). The Labute approximate surface area is 148 Å². The van der Waals surface area contributed by atoms with Crippen molar-refractivity contribution < 1.29 is 32.7 Å². The van der Waals surface area contributed by atoms with E-state index in [0.717, 1.165) is 19.1 Å². The van der Waals surface area contributed by atoms with Crippen molar-refractivity contribution in [3.05, 3.63) is 29.3 Å². The maximum absolute atomic E-state index is 13.1. The SMILES string of the molecule is CC(=O)Nc1cc(C(=O)N2CCCC(C)(C(=O)O)C2)cc(C(F)(F)F)c1. The van der Waals surface area contributed by atoms with E-state index in [-0.39, 0.29) is 24.3 Å². The average molecular weight is 372 g/mol. The van der Waals surface area contributed by atoms with Gasteiger partial charge in [-0.15, -0.1) is 0 Å². The summed E-state index contributed by atoms with van der Waals surface area (Å²) in [5.41, 5.74) is -2.60. The minimum Gasteiger partial charge on any atom is -0.481 e. The Morgan fingerprint density at radius 2 is 1.88 bits per heavy atom. The van der Waals surface area contributed by atoms with Crippen molar-refractivity contribution >= 4 is 23.5 Å². The second kappa shape index (κ2) is 6.97. The molecule has 9 heteroatoms. The van der Waals surface area contributed by atoms with Crippen molar-refractivity contribution in [1.82, 2.24) is 4.90 Å². The van der Waals surface area contributed by atoms with Gasteiger partial charge in [-0.2, -0.15) is 13.2 Å². The van der Waals surface area contributed by atoms with Gasteiger partial charge in [-0.3, -0.25) is 14.4 Å². The van der Waals surface area contributed by atoms with Gasteiger partial charge in [-0.05, 0) is 38.0 Å². The second-order valence-corrected chi connectivity index (χ2v) is 6.67. The van der Waals surface area contributed by atoms with Crippen LogP contribution in [0.3, 0.4) is 0 Å². The Morgan fingerprint density at radius 1 is 1.23 bits per heavy atom. The summed E-state index contributed by atoms with van der Waals surface area (Å²) in [6.07, 6.45) is -3.88. The molecule has 142 valence electrons. The second-order valence-electron chi connectivity index (χ2n) is 6.67. The fourth-order valence-corrected chi connectivity index (χ4v) is 2.96. The number of aliphatic carboxylic acids is 1. The Balaban J connectivity index is 2.38. The van der Waals surface area contributed by atoms with Gasteiger partial charge in [0.25, 0.3) is 5.91 Å². The zero-order valence-electron chi connectivity index (χ0n) is 14.3. The molecule has 2 N–H and O–H groups in total. The van der Waals surface area contributed by atoms with Crippen LogP contribution in [0.4, 0.5) is 18.9 Å². The highest BCUT2D eigenvalue weighted by Gasteiger charge is 2.40. The van der Waals surface area contributed by atoms with E-state index in [1.807, 2.05) is 0 Å². The number of hydrogen-bond acceptors (Lipinski definition) is 3. The van der Waals surface area contributed by atoms with E-state index in [4.69, 9.17) is 0 Å². The van der Waals surface area contributed by atoms with E-state index >= 15 is 0 Å². The van der Waals surface area contributed by atoms with Crippen molar-refractivity contribution in [2.24, 2.45) is 5.41 Å². The predicted octanol–water partition coefficient (Wildman–Crippen LogP) is 2.99. The number of anilines is 1. The van der Waals surface area contributed by atoms with Crippen LogP contribution in [-0.4, -0.2) is 40.9 Å². The summed E-state index contributed by atoms with van der Waals surface area (Å²) in [6, 6.07) is 2.61. The van der Waals surface area contributed by atoms with Crippen molar-refractivity contribution in [1.29, 1.82) is 0 Å². The first-order chi connectivity index (χ1) is 11.9. The summed E-state index contributed by atoms with van der Waals surface area (Å²) in [4.78, 5) is 36.5. The predicted molar refractivity (Wildman–Crippen MR) is 86.6 cm³/mol. The highest BCUT2D eigenvalue weighted by molar-refractivity contribution is 5.97. The number of carboxylic acids is 1. The maximum atomic E-state index is 13.1. The van der Waals surface area contributed by atoms with Crippen molar-refractivity contribution in [2.45, 2.75) is 32.9 Å². The molecule has 1 unspecified atom stereocenters. The highest BCUT2D eigenvalue weighted by atomic mass is 19.4. The van der Waals surface area contributed by atoms with Gasteiger partial charge in [0.2, 0.25) is 5.91 Å². The third-order valence-corrected chi connectivity index (χ3v) is 4.33. The van der Waals surface area contributed by atoms with E-state index in [1.54, 1.807) is 0 Å². The first-order valence-electron chi connectivity index (χ1n) is 7.95. The van der Waals surface area contributed by atoms with Gasteiger partial charge in [0.15, 0.2) is 0 Å². The number of carboxylic acid groups (broad SMARTS) is 1. The Bertz CT molecular complexity index is 748. The van der Waals surface area contributed by atoms with E-state index in [9.17, 15) is 32.7 Å². The Kier molecular flexibility index (Phi) is 5.29. The number of carbonyl (C=O) groups is 3. The smallest absolute Gasteiger partial charge is 0.416 e. The molecular weight excluding hydrogens is 353 g/mol. The van der Waals surface area contributed by atoms with Crippen LogP contribution in [0.5, 0.6) is 0 Å². The molecule has 6 nitrogen and oxygen atoms in total. The third kappa shape index (κ3) is 4.33. The minimum absolute atomic E-state index is 0.0904. The average Bonchev–Trinajstić information content (AvgIpc) is 2.52. The molecule has 0 radical (unpaired) electrons. The summed E-state index contributed by atoms with van der Waals surface area (Å²) >= 11 is 0. The van der Waals surface area contributed by atoms with Crippen molar-refractivity contribution in [3.8, 4) is 0 Å². The number of piperidine rings is 1. The molecule has 1 aromatic rings. The number of likely N-dealkylation sites (tertiary alicyclic amines) is 1. The van der Waals surface area contributed by atoms with Gasteiger partial charge in [0.1, 0.15) is 0 Å². The fourth-order valence-electron chi connectivity index (χ4n) is 2.96. The zero-order chi connectivity index (χ0) is 19.7. The number of carbonyl (C=O) groups excluding carboxylic acids is 2. The number of nitrogens with zero attached hydrogens (tertiary/aromatic N) is 1. The number of benzene rings is 1. The molecule has 1 fully saturated rings. The van der Waals surface area contributed by atoms with Crippen LogP contribution in [0, 0.1) is 5.41 Å². The van der Waals surface area contributed by atoms with E-state index in [1.165, 1.54) is 11.8 Å². The monoisotopic (exact) mass is 372 g/mol. The summed E-state index contributed by atoms with van der Waals surface area (Å²) in [6.45, 7) is 2.81. The van der Waals surface area contributed by atoms with Gasteiger partial charge in [0.05, 0.1) is 11.0 Å². The quantitative estimate of drug-likeness (QED) is 0.854. The summed E-state index contributed by atoms with van der Waals surface area (Å²) in [5.74, 6) is -2.33. The lowest BCUT2D eigenvalue weighted by Gasteiger charge is -2.37. The Hall–Kier alpha value is -2.58. The highest BCUT2D eigenvalue weighted by Crippen LogP contribution is 2.34. The number of amides is 2. The van der Waals surface area contributed by atoms with Crippen molar-refractivity contribution in [2.75, 3.05) is 18.4 Å². The first-order valence-corrected chi connectivity index (χ1v) is 7.95. The van der Waals surface area contributed by atoms with Crippen LogP contribution in [-0.2, 0) is 15.8 Å². The van der Waals surface area contributed by atoms with Crippen LogP contribution in [0.15, 0.2) is 18.2 Å². The standard InChI is InChI=1S/C17H19F3N2O4/c1-10(23)21-13-7-11(6-12(8-13)17(18,19)20)14(24)22-5-3-4-16(2,9-22)15(25)26/h6-8H,3-5,9H2,1-2H3,(H,21,23)(H,25,26). The molecule has 26 heavy (non-hydrogen) atoms. The largest absolute Gasteiger partial charge is 0.481 e. The molecule has 2 amide bonds.